The molecule has 24 heavy (non-hydrogen) atoms. The predicted octanol–water partition coefficient (Wildman–Crippen LogP) is 3.78. The van der Waals surface area contributed by atoms with Gasteiger partial charge in [0.05, 0.1) is 0 Å². The number of likely N-dealkylation sites (N-methyl/N-ethyl adjacent to an activating group) is 1. The Bertz CT molecular complexity index is 618. The second kappa shape index (κ2) is 6.23. The quantitative estimate of drug-likeness (QED) is 0.846. The van der Waals surface area contributed by atoms with Crippen LogP contribution in [0.15, 0.2) is 30.3 Å². The molecule has 0 aromatic heterocycles. The highest BCUT2D eigenvalue weighted by molar-refractivity contribution is 6.02. The van der Waals surface area contributed by atoms with Crippen LogP contribution in [0, 0.1) is 11.3 Å². The SMILES string of the molecule is CCC1(C(C)C)C(=O)N(C)C(C(C)(C)C)N1C(=O)c1ccccc1. The molecule has 0 saturated carbocycles. The second-order valence-corrected chi connectivity index (χ2v) is 8.13. The van der Waals surface area contributed by atoms with Crippen LogP contribution in [0.5, 0.6) is 0 Å². The van der Waals surface area contributed by atoms with Crippen molar-refractivity contribution in [3.8, 4) is 0 Å². The maximum Gasteiger partial charge on any atom is 0.256 e. The number of carbonyl (C=O) groups is 2. The second-order valence-electron chi connectivity index (χ2n) is 8.13. The van der Waals surface area contributed by atoms with E-state index >= 15 is 0 Å². The Labute approximate surface area is 145 Å². The van der Waals surface area contributed by atoms with E-state index in [0.29, 0.717) is 12.0 Å². The minimum Gasteiger partial charge on any atom is -0.323 e. The van der Waals surface area contributed by atoms with Crippen molar-refractivity contribution in [3.63, 3.8) is 0 Å². The highest BCUT2D eigenvalue weighted by atomic mass is 16.2. The van der Waals surface area contributed by atoms with E-state index in [9.17, 15) is 9.59 Å². The van der Waals surface area contributed by atoms with E-state index in [2.05, 4.69) is 20.8 Å². The number of benzene rings is 1. The van der Waals surface area contributed by atoms with Gasteiger partial charge in [0.1, 0.15) is 11.7 Å². The van der Waals surface area contributed by atoms with Crippen molar-refractivity contribution in [1.29, 1.82) is 0 Å². The number of carbonyl (C=O) groups excluding carboxylic acids is 2. The van der Waals surface area contributed by atoms with Crippen molar-refractivity contribution in [1.82, 2.24) is 9.80 Å². The Morgan fingerprint density at radius 1 is 1.21 bits per heavy atom. The van der Waals surface area contributed by atoms with Gasteiger partial charge >= 0.3 is 0 Å². The average molecular weight is 330 g/mol. The monoisotopic (exact) mass is 330 g/mol. The average Bonchev–Trinajstić information content (AvgIpc) is 2.76. The highest BCUT2D eigenvalue weighted by Crippen LogP contribution is 2.45. The van der Waals surface area contributed by atoms with Gasteiger partial charge in [-0.25, -0.2) is 0 Å². The van der Waals surface area contributed by atoms with Crippen molar-refractivity contribution in [2.45, 2.75) is 59.7 Å². The minimum atomic E-state index is -0.792. The van der Waals surface area contributed by atoms with Gasteiger partial charge in [-0.15, -0.1) is 0 Å². The van der Waals surface area contributed by atoms with Gasteiger partial charge in [-0.1, -0.05) is 59.7 Å². The van der Waals surface area contributed by atoms with Crippen LogP contribution < -0.4 is 0 Å². The fourth-order valence-corrected chi connectivity index (χ4v) is 4.15. The zero-order valence-corrected chi connectivity index (χ0v) is 16.0. The highest BCUT2D eigenvalue weighted by Gasteiger charge is 2.61. The first-order valence-corrected chi connectivity index (χ1v) is 8.75. The summed E-state index contributed by atoms with van der Waals surface area (Å²) < 4.78 is 0. The first-order chi connectivity index (χ1) is 11.1. The zero-order chi connectivity index (χ0) is 18.3. The standard InChI is InChI=1S/C20H30N2O2/c1-8-20(14(2)3)18(24)21(7)17(19(4,5)6)22(20)16(23)15-12-10-9-11-13-15/h9-14,17H,8H2,1-7H3. The van der Waals surface area contributed by atoms with E-state index in [0.717, 1.165) is 0 Å². The van der Waals surface area contributed by atoms with Gasteiger partial charge < -0.3 is 9.80 Å². The number of amides is 2. The molecule has 0 spiro atoms. The third-order valence-corrected chi connectivity index (χ3v) is 5.24. The molecule has 0 aliphatic carbocycles. The maximum absolute atomic E-state index is 13.4. The predicted molar refractivity (Wildman–Crippen MR) is 96.5 cm³/mol. The van der Waals surface area contributed by atoms with Gasteiger partial charge in [0, 0.05) is 18.0 Å². The summed E-state index contributed by atoms with van der Waals surface area (Å²) in [5.74, 6) is 0.0189. The van der Waals surface area contributed by atoms with Crippen LogP contribution in [0.3, 0.4) is 0 Å². The Morgan fingerprint density at radius 2 is 1.75 bits per heavy atom. The Kier molecular flexibility index (Phi) is 4.80. The summed E-state index contributed by atoms with van der Waals surface area (Å²) in [6.45, 7) is 12.3. The van der Waals surface area contributed by atoms with E-state index in [1.54, 1.807) is 4.90 Å². The van der Waals surface area contributed by atoms with Crippen LogP contribution in [0.1, 0.15) is 58.3 Å². The number of hydrogen-bond acceptors (Lipinski definition) is 2. The van der Waals surface area contributed by atoms with Gasteiger partial charge in [-0.2, -0.15) is 0 Å². The van der Waals surface area contributed by atoms with Gasteiger partial charge in [0.25, 0.3) is 5.91 Å². The van der Waals surface area contributed by atoms with Crippen LogP contribution >= 0.6 is 0 Å². The molecule has 2 rings (SSSR count). The molecule has 0 radical (unpaired) electrons. The van der Waals surface area contributed by atoms with E-state index < -0.39 is 5.54 Å². The molecule has 0 N–H and O–H groups in total. The summed E-state index contributed by atoms with van der Waals surface area (Å²) >= 11 is 0. The fraction of sp³-hybridized carbons (Fsp3) is 0.600. The number of hydrogen-bond donors (Lipinski definition) is 0. The Hall–Kier alpha value is -1.84. The third-order valence-electron chi connectivity index (χ3n) is 5.24. The number of rotatable bonds is 3. The van der Waals surface area contributed by atoms with Crippen LogP contribution in [-0.2, 0) is 4.79 Å². The zero-order valence-electron chi connectivity index (χ0n) is 16.0. The van der Waals surface area contributed by atoms with E-state index in [-0.39, 0.29) is 29.3 Å². The van der Waals surface area contributed by atoms with Crippen LogP contribution in [0.2, 0.25) is 0 Å². The molecule has 4 nitrogen and oxygen atoms in total. The Balaban J connectivity index is 2.67. The number of nitrogens with zero attached hydrogens (tertiary/aromatic N) is 2. The summed E-state index contributed by atoms with van der Waals surface area (Å²) in [5.41, 5.74) is -0.395. The van der Waals surface area contributed by atoms with Crippen molar-refractivity contribution in [3.05, 3.63) is 35.9 Å². The molecule has 4 heteroatoms. The lowest BCUT2D eigenvalue weighted by Gasteiger charge is -2.44. The molecular formula is C20H30N2O2. The van der Waals surface area contributed by atoms with Crippen molar-refractivity contribution < 1.29 is 9.59 Å². The summed E-state index contributed by atoms with van der Waals surface area (Å²) in [7, 11) is 1.82. The molecule has 1 saturated heterocycles. The lowest BCUT2D eigenvalue weighted by Crippen LogP contribution is -2.58. The molecule has 1 aromatic carbocycles. The molecule has 2 amide bonds. The molecule has 1 heterocycles. The molecule has 1 aliphatic heterocycles. The summed E-state index contributed by atoms with van der Waals surface area (Å²) in [5, 5.41) is 0. The third kappa shape index (κ3) is 2.62. The van der Waals surface area contributed by atoms with E-state index in [1.165, 1.54) is 0 Å². The normalized spacial score (nSPS) is 24.8. The topological polar surface area (TPSA) is 40.6 Å². The van der Waals surface area contributed by atoms with E-state index in [1.807, 2.05) is 63.1 Å². The van der Waals surface area contributed by atoms with Crippen LogP contribution in [-0.4, -0.2) is 40.4 Å². The van der Waals surface area contributed by atoms with Crippen molar-refractivity contribution >= 4 is 11.8 Å². The van der Waals surface area contributed by atoms with Gasteiger partial charge in [0.2, 0.25) is 5.91 Å². The summed E-state index contributed by atoms with van der Waals surface area (Å²) in [6.07, 6.45) is 0.346. The van der Waals surface area contributed by atoms with E-state index in [4.69, 9.17) is 0 Å². The van der Waals surface area contributed by atoms with Gasteiger partial charge in [-0.05, 0) is 24.5 Å². The lowest BCUT2D eigenvalue weighted by atomic mass is 9.81. The van der Waals surface area contributed by atoms with Crippen molar-refractivity contribution in [2.75, 3.05) is 7.05 Å². The Morgan fingerprint density at radius 3 is 2.17 bits per heavy atom. The lowest BCUT2D eigenvalue weighted by molar-refractivity contribution is -0.135. The maximum atomic E-state index is 13.4. The minimum absolute atomic E-state index is 0.0393. The molecule has 0 bridgehead atoms. The molecule has 1 aromatic rings. The van der Waals surface area contributed by atoms with Crippen LogP contribution in [0.25, 0.3) is 0 Å². The molecule has 132 valence electrons. The van der Waals surface area contributed by atoms with Crippen molar-refractivity contribution in [2.24, 2.45) is 11.3 Å². The largest absolute Gasteiger partial charge is 0.323 e. The summed E-state index contributed by atoms with van der Waals surface area (Å²) in [4.78, 5) is 30.3. The smallest absolute Gasteiger partial charge is 0.256 e. The van der Waals surface area contributed by atoms with Crippen LogP contribution in [0.4, 0.5) is 0 Å². The van der Waals surface area contributed by atoms with Gasteiger partial charge in [0.15, 0.2) is 0 Å². The molecule has 2 unspecified atom stereocenters. The molecular weight excluding hydrogens is 300 g/mol. The fourth-order valence-electron chi connectivity index (χ4n) is 4.15. The molecule has 1 fully saturated rings. The molecule has 1 aliphatic rings. The molecule has 2 atom stereocenters. The van der Waals surface area contributed by atoms with Gasteiger partial charge in [-0.3, -0.25) is 9.59 Å². The summed E-state index contributed by atoms with van der Waals surface area (Å²) in [6, 6.07) is 9.28. The first-order valence-electron chi connectivity index (χ1n) is 8.75. The first kappa shape index (κ1) is 18.5.